The monoisotopic (exact) mass is 456 g/mol. The van der Waals surface area contributed by atoms with Crippen LogP contribution in [-0.4, -0.2) is 46.3 Å². The Bertz CT molecular complexity index is 1410. The van der Waals surface area contributed by atoms with Crippen molar-refractivity contribution in [1.29, 1.82) is 0 Å². The van der Waals surface area contributed by atoms with E-state index in [1.54, 1.807) is 7.11 Å². The van der Waals surface area contributed by atoms with Crippen LogP contribution in [0.25, 0.3) is 33.3 Å². The van der Waals surface area contributed by atoms with Gasteiger partial charge in [0.2, 0.25) is 0 Å². The Morgan fingerprint density at radius 3 is 2.68 bits per heavy atom. The SMILES string of the molecule is COCC(COc1ccccc1)NCc1ccc2[nH]c(-c3cc(N)nc4[nH]c(C)nc34)cc2c1. The van der Waals surface area contributed by atoms with Gasteiger partial charge in [0.15, 0.2) is 5.65 Å². The van der Waals surface area contributed by atoms with E-state index in [0.29, 0.717) is 31.2 Å². The van der Waals surface area contributed by atoms with Gasteiger partial charge in [-0.25, -0.2) is 9.97 Å². The second-order valence-electron chi connectivity index (χ2n) is 8.38. The number of anilines is 1. The first-order chi connectivity index (χ1) is 16.6. The number of rotatable bonds is 9. The topological polar surface area (TPSA) is 114 Å². The molecule has 0 radical (unpaired) electrons. The highest BCUT2D eigenvalue weighted by atomic mass is 16.5. The smallest absolute Gasteiger partial charge is 0.160 e. The molecule has 0 saturated carbocycles. The van der Waals surface area contributed by atoms with Crippen LogP contribution in [0.4, 0.5) is 5.82 Å². The van der Waals surface area contributed by atoms with Crippen molar-refractivity contribution in [2.45, 2.75) is 19.5 Å². The number of para-hydroxylation sites is 1. The Morgan fingerprint density at radius 2 is 1.85 bits per heavy atom. The minimum absolute atomic E-state index is 0.0682. The Kier molecular flexibility index (Phi) is 6.16. The number of H-pyrrole nitrogens is 2. The molecule has 174 valence electrons. The minimum Gasteiger partial charge on any atom is -0.492 e. The number of nitrogen functional groups attached to an aromatic ring is 1. The summed E-state index contributed by atoms with van der Waals surface area (Å²) in [5.74, 6) is 2.11. The number of fused-ring (bicyclic) bond motifs is 2. The average molecular weight is 457 g/mol. The number of hydrogen-bond acceptors (Lipinski definition) is 6. The van der Waals surface area contributed by atoms with E-state index in [-0.39, 0.29) is 6.04 Å². The number of benzene rings is 2. The molecule has 0 aliphatic heterocycles. The predicted octanol–water partition coefficient (Wildman–Crippen LogP) is 4.18. The lowest BCUT2D eigenvalue weighted by molar-refractivity contribution is 0.135. The summed E-state index contributed by atoms with van der Waals surface area (Å²) in [5.41, 5.74) is 11.7. The maximum absolute atomic E-state index is 6.04. The van der Waals surface area contributed by atoms with E-state index < -0.39 is 0 Å². The van der Waals surface area contributed by atoms with Crippen LogP contribution in [0.15, 0.2) is 60.7 Å². The van der Waals surface area contributed by atoms with E-state index in [0.717, 1.165) is 39.3 Å². The van der Waals surface area contributed by atoms with Crippen molar-refractivity contribution >= 4 is 27.9 Å². The fourth-order valence-corrected chi connectivity index (χ4v) is 4.11. The Morgan fingerprint density at radius 1 is 1.00 bits per heavy atom. The largest absolute Gasteiger partial charge is 0.492 e. The Labute approximate surface area is 197 Å². The summed E-state index contributed by atoms with van der Waals surface area (Å²) in [4.78, 5) is 15.6. The molecule has 3 heterocycles. The second-order valence-corrected chi connectivity index (χ2v) is 8.38. The second kappa shape index (κ2) is 9.54. The molecule has 0 amide bonds. The molecule has 2 aromatic carbocycles. The number of aromatic amines is 2. The number of aromatic nitrogens is 4. The van der Waals surface area contributed by atoms with E-state index in [9.17, 15) is 0 Å². The maximum atomic E-state index is 6.04. The van der Waals surface area contributed by atoms with E-state index >= 15 is 0 Å². The Balaban J connectivity index is 1.33. The van der Waals surface area contributed by atoms with Gasteiger partial charge in [0.05, 0.1) is 12.6 Å². The van der Waals surface area contributed by atoms with Crippen LogP contribution in [0, 0.1) is 6.92 Å². The molecule has 1 unspecified atom stereocenters. The number of pyridine rings is 1. The van der Waals surface area contributed by atoms with E-state index in [2.05, 4.69) is 49.5 Å². The van der Waals surface area contributed by atoms with Crippen molar-refractivity contribution < 1.29 is 9.47 Å². The van der Waals surface area contributed by atoms with Gasteiger partial charge in [-0.05, 0) is 48.9 Å². The van der Waals surface area contributed by atoms with Crippen LogP contribution >= 0.6 is 0 Å². The third kappa shape index (κ3) is 4.73. The highest BCUT2D eigenvalue weighted by Crippen LogP contribution is 2.30. The summed E-state index contributed by atoms with van der Waals surface area (Å²) in [6.45, 7) is 3.70. The van der Waals surface area contributed by atoms with Crippen LogP contribution in [-0.2, 0) is 11.3 Å². The predicted molar refractivity (Wildman–Crippen MR) is 135 cm³/mol. The number of aryl methyl sites for hydroxylation is 1. The average Bonchev–Trinajstić information content (AvgIpc) is 3.43. The lowest BCUT2D eigenvalue weighted by Crippen LogP contribution is -2.38. The van der Waals surface area contributed by atoms with Gasteiger partial charge in [0.25, 0.3) is 0 Å². The summed E-state index contributed by atoms with van der Waals surface area (Å²) in [6.07, 6.45) is 0. The van der Waals surface area contributed by atoms with Crippen molar-refractivity contribution in [2.24, 2.45) is 0 Å². The summed E-state index contributed by atoms with van der Waals surface area (Å²) >= 11 is 0. The molecule has 0 spiro atoms. The van der Waals surface area contributed by atoms with E-state index in [1.165, 1.54) is 5.56 Å². The van der Waals surface area contributed by atoms with Crippen LogP contribution in [0.5, 0.6) is 5.75 Å². The van der Waals surface area contributed by atoms with Crippen molar-refractivity contribution in [2.75, 3.05) is 26.1 Å². The van der Waals surface area contributed by atoms with Crippen LogP contribution in [0.2, 0.25) is 0 Å². The number of hydrogen-bond donors (Lipinski definition) is 4. The molecule has 0 bridgehead atoms. The lowest BCUT2D eigenvalue weighted by atomic mass is 10.1. The highest BCUT2D eigenvalue weighted by Gasteiger charge is 2.14. The van der Waals surface area contributed by atoms with Crippen molar-refractivity contribution in [3.63, 3.8) is 0 Å². The van der Waals surface area contributed by atoms with Crippen LogP contribution < -0.4 is 15.8 Å². The molecule has 8 nitrogen and oxygen atoms in total. The molecule has 3 aromatic heterocycles. The van der Waals surface area contributed by atoms with Crippen molar-refractivity contribution in [3.8, 4) is 17.0 Å². The normalized spacial score (nSPS) is 12.4. The first-order valence-electron chi connectivity index (χ1n) is 11.2. The standard InChI is InChI=1S/C26H28N6O2/c1-16-29-25-21(12-24(27)32-26(25)30-16)23-11-18-10-17(8-9-22(18)31-23)13-28-19(14-33-2)15-34-20-6-4-3-5-7-20/h3-12,19,28,31H,13-15H2,1-2H3,(H3,27,29,30,32). The Hall–Kier alpha value is -3.88. The first kappa shape index (κ1) is 21.9. The van der Waals surface area contributed by atoms with Gasteiger partial charge < -0.3 is 30.5 Å². The number of methoxy groups -OCH3 is 1. The van der Waals surface area contributed by atoms with Gasteiger partial charge in [0.1, 0.15) is 29.5 Å². The van der Waals surface area contributed by atoms with E-state index in [1.807, 2.05) is 43.3 Å². The summed E-state index contributed by atoms with van der Waals surface area (Å²) in [6, 6.07) is 20.3. The molecule has 5 rings (SSSR count). The number of nitrogens with two attached hydrogens (primary N) is 1. The summed E-state index contributed by atoms with van der Waals surface area (Å²) in [7, 11) is 1.70. The zero-order valence-corrected chi connectivity index (χ0v) is 19.3. The third-order valence-electron chi connectivity index (χ3n) is 5.72. The molecule has 34 heavy (non-hydrogen) atoms. The molecule has 1 atom stereocenters. The molecule has 8 heteroatoms. The minimum atomic E-state index is 0.0682. The molecular formula is C26H28N6O2. The zero-order chi connectivity index (χ0) is 23.5. The van der Waals surface area contributed by atoms with Gasteiger partial charge in [-0.1, -0.05) is 24.3 Å². The molecule has 5 N–H and O–H groups in total. The fourth-order valence-electron chi connectivity index (χ4n) is 4.11. The first-order valence-corrected chi connectivity index (χ1v) is 11.2. The van der Waals surface area contributed by atoms with Gasteiger partial charge in [0, 0.05) is 35.8 Å². The number of ether oxygens (including phenoxy) is 2. The van der Waals surface area contributed by atoms with Crippen molar-refractivity contribution in [3.05, 3.63) is 72.1 Å². The number of nitrogens with zero attached hydrogens (tertiary/aromatic N) is 2. The van der Waals surface area contributed by atoms with Crippen LogP contribution in [0.3, 0.4) is 0 Å². The quantitative estimate of drug-likeness (QED) is 0.265. The third-order valence-corrected chi connectivity index (χ3v) is 5.72. The molecule has 0 saturated heterocycles. The summed E-state index contributed by atoms with van der Waals surface area (Å²) < 4.78 is 11.3. The summed E-state index contributed by atoms with van der Waals surface area (Å²) in [5, 5.41) is 4.67. The molecule has 0 aliphatic carbocycles. The van der Waals surface area contributed by atoms with Crippen molar-refractivity contribution in [1.82, 2.24) is 25.3 Å². The lowest BCUT2D eigenvalue weighted by Gasteiger charge is -2.18. The van der Waals surface area contributed by atoms with Crippen LogP contribution in [0.1, 0.15) is 11.4 Å². The molecule has 0 aliphatic rings. The fraction of sp³-hybridized carbons (Fsp3) is 0.231. The zero-order valence-electron chi connectivity index (χ0n) is 19.3. The van der Waals surface area contributed by atoms with Gasteiger partial charge in [-0.15, -0.1) is 0 Å². The number of imidazole rings is 1. The molecule has 0 fully saturated rings. The van der Waals surface area contributed by atoms with Gasteiger partial charge in [-0.3, -0.25) is 0 Å². The molecule has 5 aromatic rings. The maximum Gasteiger partial charge on any atom is 0.160 e. The van der Waals surface area contributed by atoms with Gasteiger partial charge >= 0.3 is 0 Å². The molecular weight excluding hydrogens is 428 g/mol. The number of nitrogens with one attached hydrogen (secondary N) is 3. The van der Waals surface area contributed by atoms with Gasteiger partial charge in [-0.2, -0.15) is 0 Å². The van der Waals surface area contributed by atoms with E-state index in [4.69, 9.17) is 15.2 Å². The highest BCUT2D eigenvalue weighted by molar-refractivity contribution is 5.95.